The van der Waals surface area contributed by atoms with Crippen LogP contribution in [0.2, 0.25) is 0 Å². The van der Waals surface area contributed by atoms with Gasteiger partial charge in [-0.25, -0.2) is 4.98 Å². The maximum absolute atomic E-state index is 5.72. The number of nitrogens with zero attached hydrogens (tertiary/aromatic N) is 2. The summed E-state index contributed by atoms with van der Waals surface area (Å²) >= 11 is 3.26. The van der Waals surface area contributed by atoms with Crippen LogP contribution in [0, 0.1) is 0 Å². The minimum absolute atomic E-state index is 0.202. The molecule has 0 aliphatic rings. The Hall–Kier alpha value is -1.66. The smallest absolute Gasteiger partial charge is 0.223 e. The number of nitrogen functional groups attached to an aromatic ring is 1. The van der Waals surface area contributed by atoms with E-state index in [1.54, 1.807) is 22.7 Å². The van der Waals surface area contributed by atoms with E-state index in [1.165, 1.54) is 5.56 Å². The van der Waals surface area contributed by atoms with Gasteiger partial charge in [-0.1, -0.05) is 0 Å². The van der Waals surface area contributed by atoms with Gasteiger partial charge in [-0.15, -0.1) is 11.3 Å². The molecule has 92 valence electrons. The van der Waals surface area contributed by atoms with Crippen LogP contribution in [0.4, 0.5) is 11.8 Å². The molecule has 3 N–H and O–H groups in total. The summed E-state index contributed by atoms with van der Waals surface area (Å²) in [5, 5.41) is 10.6. The van der Waals surface area contributed by atoms with Crippen LogP contribution in [-0.4, -0.2) is 9.97 Å². The van der Waals surface area contributed by atoms with Gasteiger partial charge in [-0.05, 0) is 40.8 Å². The number of aromatic nitrogens is 2. The van der Waals surface area contributed by atoms with Crippen molar-refractivity contribution >= 4 is 44.7 Å². The van der Waals surface area contributed by atoms with Crippen molar-refractivity contribution in [2.45, 2.75) is 13.0 Å². The average Bonchev–Trinajstić information content (AvgIpc) is 2.98. The highest BCUT2D eigenvalue weighted by atomic mass is 32.1. The first-order valence-corrected chi connectivity index (χ1v) is 7.35. The lowest BCUT2D eigenvalue weighted by Crippen LogP contribution is -2.08. The van der Waals surface area contributed by atoms with Gasteiger partial charge >= 0.3 is 0 Å². The normalized spacial score (nSPS) is 12.7. The second-order valence-corrected chi connectivity index (χ2v) is 5.67. The summed E-state index contributed by atoms with van der Waals surface area (Å²) in [7, 11) is 0. The first-order chi connectivity index (χ1) is 8.74. The number of anilines is 2. The third kappa shape index (κ3) is 2.04. The molecule has 3 aromatic heterocycles. The van der Waals surface area contributed by atoms with Crippen molar-refractivity contribution in [1.29, 1.82) is 0 Å². The summed E-state index contributed by atoms with van der Waals surface area (Å²) in [6.07, 6.45) is 0. The molecule has 0 saturated heterocycles. The lowest BCUT2D eigenvalue weighted by Gasteiger charge is -2.14. The quantitative estimate of drug-likeness (QED) is 0.768. The fourth-order valence-electron chi connectivity index (χ4n) is 1.79. The molecule has 4 nitrogen and oxygen atoms in total. The fraction of sp³-hybridized carbons (Fsp3) is 0.167. The number of hydrogen-bond acceptors (Lipinski definition) is 6. The topological polar surface area (TPSA) is 63.8 Å². The lowest BCUT2D eigenvalue weighted by atomic mass is 10.2. The highest BCUT2D eigenvalue weighted by Crippen LogP contribution is 2.28. The largest absolute Gasteiger partial charge is 0.368 e. The molecule has 0 amide bonds. The molecule has 6 heteroatoms. The van der Waals surface area contributed by atoms with E-state index < -0.39 is 0 Å². The van der Waals surface area contributed by atoms with Gasteiger partial charge in [0.2, 0.25) is 5.95 Å². The average molecular weight is 276 g/mol. The number of nitrogens with two attached hydrogens (primary N) is 1. The van der Waals surface area contributed by atoms with Crippen molar-refractivity contribution in [3.63, 3.8) is 0 Å². The molecule has 0 aliphatic carbocycles. The van der Waals surface area contributed by atoms with Gasteiger partial charge in [-0.3, -0.25) is 0 Å². The summed E-state index contributed by atoms with van der Waals surface area (Å²) in [5.74, 6) is 1.11. The van der Waals surface area contributed by atoms with Gasteiger partial charge < -0.3 is 11.1 Å². The minimum Gasteiger partial charge on any atom is -0.368 e. The second kappa shape index (κ2) is 4.55. The van der Waals surface area contributed by atoms with Crippen LogP contribution >= 0.6 is 22.7 Å². The summed E-state index contributed by atoms with van der Waals surface area (Å²) in [6, 6.07) is 4.33. The van der Waals surface area contributed by atoms with Crippen LogP contribution in [0.1, 0.15) is 18.5 Å². The standard InChI is InChI=1S/C12H12N4S2/c1-7(8-2-4-17-6-8)14-10-9-3-5-18-11(9)16-12(13)15-10/h2-7H,1H3,(H3,13,14,15,16). The van der Waals surface area contributed by atoms with E-state index in [1.807, 2.05) is 11.4 Å². The van der Waals surface area contributed by atoms with Crippen LogP contribution in [0.25, 0.3) is 10.2 Å². The van der Waals surface area contributed by atoms with Gasteiger partial charge in [0, 0.05) is 0 Å². The van der Waals surface area contributed by atoms with E-state index >= 15 is 0 Å². The Balaban J connectivity index is 1.97. The molecule has 3 rings (SSSR count). The molecule has 0 aliphatic heterocycles. The molecule has 3 aromatic rings. The molecule has 0 spiro atoms. The summed E-state index contributed by atoms with van der Waals surface area (Å²) < 4.78 is 0. The number of hydrogen-bond donors (Lipinski definition) is 2. The van der Waals surface area contributed by atoms with Gasteiger partial charge in [0.15, 0.2) is 0 Å². The fourth-order valence-corrected chi connectivity index (χ4v) is 3.32. The Labute approximate surface area is 113 Å². The predicted molar refractivity (Wildman–Crippen MR) is 78.2 cm³/mol. The third-order valence-corrected chi connectivity index (χ3v) is 4.25. The Morgan fingerprint density at radius 2 is 2.17 bits per heavy atom. The summed E-state index contributed by atoms with van der Waals surface area (Å²) in [6.45, 7) is 2.11. The van der Waals surface area contributed by atoms with Crippen LogP contribution in [-0.2, 0) is 0 Å². The summed E-state index contributed by atoms with van der Waals surface area (Å²) in [5.41, 5.74) is 6.98. The Morgan fingerprint density at radius 3 is 2.94 bits per heavy atom. The third-order valence-electron chi connectivity index (χ3n) is 2.74. The molecular weight excluding hydrogens is 264 g/mol. The van der Waals surface area contributed by atoms with Crippen LogP contribution in [0.3, 0.4) is 0 Å². The van der Waals surface area contributed by atoms with E-state index in [4.69, 9.17) is 5.73 Å². The van der Waals surface area contributed by atoms with Crippen molar-refractivity contribution in [3.05, 3.63) is 33.8 Å². The minimum atomic E-state index is 0.202. The van der Waals surface area contributed by atoms with Crippen LogP contribution < -0.4 is 11.1 Å². The Morgan fingerprint density at radius 1 is 1.28 bits per heavy atom. The number of rotatable bonds is 3. The molecule has 0 fully saturated rings. The van der Waals surface area contributed by atoms with Gasteiger partial charge in [0.1, 0.15) is 10.6 Å². The molecule has 3 heterocycles. The highest BCUT2D eigenvalue weighted by molar-refractivity contribution is 7.16. The zero-order valence-corrected chi connectivity index (χ0v) is 11.4. The predicted octanol–water partition coefficient (Wildman–Crippen LogP) is 3.51. The zero-order chi connectivity index (χ0) is 12.5. The Kier molecular flexibility index (Phi) is 2.89. The number of nitrogens with one attached hydrogen (secondary N) is 1. The van der Waals surface area contributed by atoms with Crippen molar-refractivity contribution in [3.8, 4) is 0 Å². The molecule has 0 bridgehead atoms. The lowest BCUT2D eigenvalue weighted by molar-refractivity contribution is 0.882. The van der Waals surface area contributed by atoms with Crippen molar-refractivity contribution in [2.24, 2.45) is 0 Å². The van der Waals surface area contributed by atoms with Crippen LogP contribution in [0.15, 0.2) is 28.3 Å². The van der Waals surface area contributed by atoms with Crippen molar-refractivity contribution < 1.29 is 0 Å². The van der Waals surface area contributed by atoms with Crippen molar-refractivity contribution in [2.75, 3.05) is 11.1 Å². The highest BCUT2D eigenvalue weighted by Gasteiger charge is 2.11. The maximum Gasteiger partial charge on any atom is 0.223 e. The van der Waals surface area contributed by atoms with Crippen LogP contribution in [0.5, 0.6) is 0 Å². The first-order valence-electron chi connectivity index (χ1n) is 5.53. The molecule has 0 aromatic carbocycles. The molecule has 0 saturated carbocycles. The number of fused-ring (bicyclic) bond motifs is 1. The van der Waals surface area contributed by atoms with Gasteiger partial charge in [0.05, 0.1) is 11.4 Å². The molecule has 18 heavy (non-hydrogen) atoms. The SMILES string of the molecule is CC(Nc1nc(N)nc2sccc12)c1ccsc1. The summed E-state index contributed by atoms with van der Waals surface area (Å²) in [4.78, 5) is 9.42. The maximum atomic E-state index is 5.72. The monoisotopic (exact) mass is 276 g/mol. The van der Waals surface area contributed by atoms with E-state index in [2.05, 4.69) is 39.0 Å². The molecule has 1 unspecified atom stereocenters. The van der Waals surface area contributed by atoms with E-state index in [0.29, 0.717) is 5.95 Å². The first kappa shape index (κ1) is 11.4. The van der Waals surface area contributed by atoms with Gasteiger partial charge in [0.25, 0.3) is 0 Å². The van der Waals surface area contributed by atoms with Crippen molar-refractivity contribution in [1.82, 2.24) is 9.97 Å². The molecule has 0 radical (unpaired) electrons. The van der Waals surface area contributed by atoms with Gasteiger partial charge in [-0.2, -0.15) is 16.3 Å². The Bertz CT molecular complexity index is 660. The number of thiophene rings is 2. The molecule has 1 atom stereocenters. The molecular formula is C12H12N4S2. The second-order valence-electron chi connectivity index (χ2n) is 3.99. The zero-order valence-electron chi connectivity index (χ0n) is 9.75. The van der Waals surface area contributed by atoms with E-state index in [9.17, 15) is 0 Å². The van der Waals surface area contributed by atoms with E-state index in [0.717, 1.165) is 16.0 Å². The van der Waals surface area contributed by atoms with E-state index in [-0.39, 0.29) is 6.04 Å².